The molecule has 1 unspecified atom stereocenters. The van der Waals surface area contributed by atoms with Gasteiger partial charge in [0.05, 0.1) is 5.56 Å². The lowest BCUT2D eigenvalue weighted by atomic mass is 9.80. The highest BCUT2D eigenvalue weighted by atomic mass is 19.4. The van der Waals surface area contributed by atoms with E-state index in [0.29, 0.717) is 36.8 Å². The topological polar surface area (TPSA) is 105 Å². The van der Waals surface area contributed by atoms with Crippen molar-refractivity contribution in [2.75, 3.05) is 0 Å². The number of hydrogen-bond acceptors (Lipinski definition) is 5. The molecule has 2 aromatic rings. The van der Waals surface area contributed by atoms with Crippen molar-refractivity contribution in [2.45, 2.75) is 75.9 Å². The predicted octanol–water partition coefficient (Wildman–Crippen LogP) is 4.42. The van der Waals surface area contributed by atoms with Crippen molar-refractivity contribution in [3.8, 4) is 0 Å². The summed E-state index contributed by atoms with van der Waals surface area (Å²) >= 11 is 0. The zero-order valence-electron chi connectivity index (χ0n) is 21.1. The van der Waals surface area contributed by atoms with E-state index in [-0.39, 0.29) is 49.2 Å². The number of alkyl carbamates (subject to hydrolysis) is 1. The molecule has 2 N–H and O–H groups in total. The van der Waals surface area contributed by atoms with Crippen LogP contribution in [-0.4, -0.2) is 40.9 Å². The van der Waals surface area contributed by atoms with Crippen molar-refractivity contribution in [1.82, 2.24) is 15.5 Å². The van der Waals surface area contributed by atoms with Crippen LogP contribution in [0.25, 0.3) is 0 Å². The lowest BCUT2D eigenvalue weighted by Gasteiger charge is -2.30. The van der Waals surface area contributed by atoms with Crippen LogP contribution < -0.4 is 10.6 Å². The van der Waals surface area contributed by atoms with Crippen LogP contribution in [0.5, 0.6) is 0 Å². The van der Waals surface area contributed by atoms with Crippen LogP contribution in [0.1, 0.15) is 77.1 Å². The summed E-state index contributed by atoms with van der Waals surface area (Å²) in [5.41, 5.74) is 1.43. The number of carbonyl (C=O) groups is 4. The summed E-state index contributed by atoms with van der Waals surface area (Å²) < 4.78 is 46.0. The number of nitrogens with zero attached hydrogens (tertiary/aromatic N) is 1. The molecular weight excluding hydrogens is 515 g/mol. The molecule has 1 aliphatic carbocycles. The molecule has 206 valence electrons. The first kappa shape index (κ1) is 26.7. The van der Waals surface area contributed by atoms with Gasteiger partial charge in [-0.15, -0.1) is 0 Å². The van der Waals surface area contributed by atoms with E-state index < -0.39 is 35.9 Å². The van der Waals surface area contributed by atoms with Gasteiger partial charge >= 0.3 is 12.3 Å². The lowest BCUT2D eigenvalue weighted by Crippen LogP contribution is -2.52. The van der Waals surface area contributed by atoms with Crippen LogP contribution in [0.2, 0.25) is 0 Å². The summed E-state index contributed by atoms with van der Waals surface area (Å²) in [5, 5.41) is 4.93. The third-order valence-corrected chi connectivity index (χ3v) is 7.64. The second-order valence-electron chi connectivity index (χ2n) is 10.2. The summed E-state index contributed by atoms with van der Waals surface area (Å²) in [6.45, 7) is 0.349. The van der Waals surface area contributed by atoms with E-state index >= 15 is 0 Å². The fourth-order valence-electron chi connectivity index (χ4n) is 5.72. The maximum atomic E-state index is 13.5. The van der Waals surface area contributed by atoms with E-state index in [4.69, 9.17) is 4.74 Å². The van der Waals surface area contributed by atoms with Crippen LogP contribution in [0.3, 0.4) is 0 Å². The highest BCUT2D eigenvalue weighted by Gasteiger charge is 2.39. The van der Waals surface area contributed by atoms with Crippen LogP contribution in [-0.2, 0) is 33.6 Å². The summed E-state index contributed by atoms with van der Waals surface area (Å²) in [7, 11) is 0. The van der Waals surface area contributed by atoms with Crippen LogP contribution in [0.15, 0.2) is 42.5 Å². The molecule has 0 aromatic heterocycles. The molecule has 0 radical (unpaired) electrons. The molecule has 2 aliphatic heterocycles. The van der Waals surface area contributed by atoms with Gasteiger partial charge in [-0.05, 0) is 66.8 Å². The molecule has 4 amide bonds. The molecule has 3 aliphatic rings. The summed E-state index contributed by atoms with van der Waals surface area (Å²) in [5.74, 6) is -1.50. The number of imide groups is 1. The number of piperidine rings is 1. The van der Waals surface area contributed by atoms with Crippen LogP contribution in [0, 0.1) is 0 Å². The summed E-state index contributed by atoms with van der Waals surface area (Å²) in [6.07, 6.45) is -3.07. The zero-order valence-corrected chi connectivity index (χ0v) is 21.1. The van der Waals surface area contributed by atoms with Crippen molar-refractivity contribution in [2.24, 2.45) is 0 Å². The van der Waals surface area contributed by atoms with E-state index in [2.05, 4.69) is 10.6 Å². The largest absolute Gasteiger partial charge is 0.446 e. The second-order valence-corrected chi connectivity index (χ2v) is 10.2. The SMILES string of the molecule is O=C1CCC(N2Cc3ccc(CNC(=O)O[C@@H]4CCC[C@H](c5ccccc5C(F)(F)F)C4)cc3C2=O)C(=O)N1. The molecule has 2 aromatic carbocycles. The number of halogens is 3. The van der Waals surface area contributed by atoms with E-state index in [9.17, 15) is 32.3 Å². The monoisotopic (exact) mass is 543 g/mol. The molecule has 11 heteroatoms. The minimum atomic E-state index is -4.45. The van der Waals surface area contributed by atoms with E-state index in [1.54, 1.807) is 24.3 Å². The Kier molecular flexibility index (Phi) is 7.33. The number of benzene rings is 2. The Bertz CT molecular complexity index is 1310. The van der Waals surface area contributed by atoms with Gasteiger partial charge in [0.25, 0.3) is 5.91 Å². The lowest BCUT2D eigenvalue weighted by molar-refractivity contribution is -0.139. The molecule has 2 heterocycles. The third kappa shape index (κ3) is 5.76. The smallest absolute Gasteiger partial charge is 0.416 e. The number of hydrogen-bond donors (Lipinski definition) is 2. The molecule has 8 nitrogen and oxygen atoms in total. The van der Waals surface area contributed by atoms with Gasteiger partial charge in [0.1, 0.15) is 12.1 Å². The Morgan fingerprint density at radius 3 is 2.64 bits per heavy atom. The Balaban J connectivity index is 1.16. The Morgan fingerprint density at radius 2 is 1.87 bits per heavy atom. The van der Waals surface area contributed by atoms with Crippen molar-refractivity contribution in [1.29, 1.82) is 0 Å². The Morgan fingerprint density at radius 1 is 1.08 bits per heavy atom. The first-order chi connectivity index (χ1) is 18.6. The molecule has 5 rings (SSSR count). The van der Waals surface area contributed by atoms with Crippen molar-refractivity contribution >= 4 is 23.8 Å². The van der Waals surface area contributed by atoms with Gasteiger partial charge in [0, 0.05) is 25.1 Å². The number of carbonyl (C=O) groups excluding carboxylic acids is 4. The zero-order chi connectivity index (χ0) is 27.7. The molecule has 1 saturated heterocycles. The van der Waals surface area contributed by atoms with E-state index in [1.807, 2.05) is 0 Å². The normalized spacial score (nSPS) is 23.3. The van der Waals surface area contributed by atoms with Crippen LogP contribution in [0.4, 0.5) is 18.0 Å². The molecule has 0 spiro atoms. The molecule has 3 atom stereocenters. The van der Waals surface area contributed by atoms with Gasteiger partial charge < -0.3 is 15.0 Å². The van der Waals surface area contributed by atoms with Crippen LogP contribution >= 0.6 is 0 Å². The maximum Gasteiger partial charge on any atom is 0.416 e. The minimum Gasteiger partial charge on any atom is -0.446 e. The van der Waals surface area contributed by atoms with Crippen molar-refractivity contribution in [3.05, 3.63) is 70.3 Å². The minimum absolute atomic E-state index is 0.0882. The number of fused-ring (bicyclic) bond motifs is 1. The first-order valence-electron chi connectivity index (χ1n) is 13.0. The van der Waals surface area contributed by atoms with Gasteiger partial charge in [0.15, 0.2) is 0 Å². The second kappa shape index (κ2) is 10.7. The standard InChI is InChI=1S/C28H28F3N3O5/c29-28(30,31)22-7-2-1-6-20(22)17-4-3-5-19(13-17)39-27(38)32-14-16-8-9-18-15-34(26(37)21(18)12-16)23-10-11-24(35)33-25(23)36/h1-2,6-9,12,17,19,23H,3-5,10-11,13-15H2,(H,32,38)(H,33,35,36)/t17-,19+,23?/m0/s1. The molecular formula is C28H28F3N3O5. The number of alkyl halides is 3. The first-order valence-corrected chi connectivity index (χ1v) is 13.0. The number of rotatable bonds is 5. The van der Waals surface area contributed by atoms with E-state index in [1.165, 1.54) is 17.0 Å². The van der Waals surface area contributed by atoms with Gasteiger partial charge in [-0.2, -0.15) is 13.2 Å². The molecule has 39 heavy (non-hydrogen) atoms. The van der Waals surface area contributed by atoms with Gasteiger partial charge in [-0.1, -0.05) is 30.3 Å². The average Bonchev–Trinajstić information content (AvgIpc) is 3.22. The third-order valence-electron chi connectivity index (χ3n) is 7.64. The Labute approximate surface area is 222 Å². The number of ether oxygens (including phenoxy) is 1. The molecule has 0 bridgehead atoms. The van der Waals surface area contributed by atoms with E-state index in [0.717, 1.165) is 11.6 Å². The van der Waals surface area contributed by atoms with Crippen molar-refractivity contribution < 1.29 is 37.1 Å². The van der Waals surface area contributed by atoms with Crippen molar-refractivity contribution in [3.63, 3.8) is 0 Å². The average molecular weight is 544 g/mol. The van der Waals surface area contributed by atoms with Gasteiger partial charge in [-0.25, -0.2) is 4.79 Å². The highest BCUT2D eigenvalue weighted by molar-refractivity contribution is 6.05. The fraction of sp³-hybridized carbons (Fsp3) is 0.429. The fourth-order valence-corrected chi connectivity index (χ4v) is 5.72. The van der Waals surface area contributed by atoms with Gasteiger partial charge in [0.2, 0.25) is 11.8 Å². The summed E-state index contributed by atoms with van der Waals surface area (Å²) in [4.78, 5) is 50.6. The molecule has 2 fully saturated rings. The number of amides is 4. The quantitative estimate of drug-likeness (QED) is 0.544. The highest BCUT2D eigenvalue weighted by Crippen LogP contribution is 2.41. The number of nitrogens with one attached hydrogen (secondary N) is 2. The predicted molar refractivity (Wildman–Crippen MR) is 132 cm³/mol. The Hall–Kier alpha value is -3.89. The molecule has 1 saturated carbocycles. The van der Waals surface area contributed by atoms with Gasteiger partial charge in [-0.3, -0.25) is 19.7 Å². The summed E-state index contributed by atoms with van der Waals surface area (Å²) in [6, 6.07) is 10.0. The maximum absolute atomic E-state index is 13.5.